The predicted octanol–water partition coefficient (Wildman–Crippen LogP) is 1.54. The number of ether oxygens (including phenoxy) is 1. The summed E-state index contributed by atoms with van der Waals surface area (Å²) in [5.41, 5.74) is 0. The van der Waals surface area contributed by atoms with Crippen LogP contribution in [-0.2, 0) is 4.74 Å². The normalized spacial score (nSPS) is 34.2. The SMILES string of the molecule is N#CC1CCCCN1CC1CCCO1. The van der Waals surface area contributed by atoms with Crippen molar-refractivity contribution in [3.05, 3.63) is 0 Å². The monoisotopic (exact) mass is 194 g/mol. The van der Waals surface area contributed by atoms with Gasteiger partial charge in [-0.15, -0.1) is 0 Å². The van der Waals surface area contributed by atoms with E-state index in [-0.39, 0.29) is 6.04 Å². The fourth-order valence-electron chi connectivity index (χ4n) is 2.41. The second kappa shape index (κ2) is 4.77. The second-order valence-electron chi connectivity index (χ2n) is 4.27. The summed E-state index contributed by atoms with van der Waals surface area (Å²) in [4.78, 5) is 2.31. The van der Waals surface area contributed by atoms with E-state index in [4.69, 9.17) is 10.00 Å². The maximum absolute atomic E-state index is 9.00. The number of nitrogens with zero attached hydrogens (tertiary/aromatic N) is 2. The molecule has 0 aromatic carbocycles. The molecule has 2 atom stereocenters. The summed E-state index contributed by atoms with van der Waals surface area (Å²) in [6.45, 7) is 2.96. The van der Waals surface area contributed by atoms with Gasteiger partial charge in [-0.05, 0) is 38.6 Å². The first-order valence-electron chi connectivity index (χ1n) is 5.65. The quantitative estimate of drug-likeness (QED) is 0.669. The molecule has 0 spiro atoms. The highest BCUT2D eigenvalue weighted by atomic mass is 16.5. The topological polar surface area (TPSA) is 36.3 Å². The molecule has 0 aromatic heterocycles. The van der Waals surface area contributed by atoms with Crippen molar-refractivity contribution in [3.63, 3.8) is 0 Å². The number of piperidine rings is 1. The number of rotatable bonds is 2. The highest BCUT2D eigenvalue weighted by Gasteiger charge is 2.26. The van der Waals surface area contributed by atoms with Gasteiger partial charge in [-0.25, -0.2) is 0 Å². The van der Waals surface area contributed by atoms with Gasteiger partial charge in [-0.3, -0.25) is 4.90 Å². The van der Waals surface area contributed by atoms with Crippen LogP contribution in [0.3, 0.4) is 0 Å². The lowest BCUT2D eigenvalue weighted by Gasteiger charge is -2.32. The number of likely N-dealkylation sites (tertiary alicyclic amines) is 1. The second-order valence-corrected chi connectivity index (χ2v) is 4.27. The zero-order chi connectivity index (χ0) is 9.80. The molecule has 0 saturated carbocycles. The van der Waals surface area contributed by atoms with E-state index >= 15 is 0 Å². The lowest BCUT2D eigenvalue weighted by atomic mass is 10.0. The molecule has 0 bridgehead atoms. The Hall–Kier alpha value is -0.590. The fourth-order valence-corrected chi connectivity index (χ4v) is 2.41. The van der Waals surface area contributed by atoms with Crippen LogP contribution < -0.4 is 0 Å². The third-order valence-electron chi connectivity index (χ3n) is 3.22. The van der Waals surface area contributed by atoms with Gasteiger partial charge in [0.15, 0.2) is 0 Å². The lowest BCUT2D eigenvalue weighted by molar-refractivity contribution is 0.0556. The van der Waals surface area contributed by atoms with Crippen molar-refractivity contribution < 1.29 is 4.74 Å². The smallest absolute Gasteiger partial charge is 0.0978 e. The van der Waals surface area contributed by atoms with Crippen molar-refractivity contribution in [1.82, 2.24) is 4.90 Å². The van der Waals surface area contributed by atoms with E-state index in [1.807, 2.05) is 0 Å². The van der Waals surface area contributed by atoms with Gasteiger partial charge in [0, 0.05) is 13.2 Å². The Bertz CT molecular complexity index is 218. The summed E-state index contributed by atoms with van der Waals surface area (Å²) < 4.78 is 5.60. The Morgan fingerprint density at radius 2 is 2.21 bits per heavy atom. The van der Waals surface area contributed by atoms with E-state index in [0.717, 1.165) is 26.1 Å². The van der Waals surface area contributed by atoms with Crippen LogP contribution in [0.2, 0.25) is 0 Å². The molecule has 0 amide bonds. The fraction of sp³-hybridized carbons (Fsp3) is 0.909. The van der Waals surface area contributed by atoms with E-state index < -0.39 is 0 Å². The molecule has 0 aromatic rings. The summed E-state index contributed by atoms with van der Waals surface area (Å²) in [6, 6.07) is 2.54. The molecule has 2 unspecified atom stereocenters. The number of hydrogen-bond donors (Lipinski definition) is 0. The molecular weight excluding hydrogens is 176 g/mol. The summed E-state index contributed by atoms with van der Waals surface area (Å²) in [7, 11) is 0. The van der Waals surface area contributed by atoms with Crippen LogP contribution in [0.1, 0.15) is 32.1 Å². The predicted molar refractivity (Wildman–Crippen MR) is 53.8 cm³/mol. The Morgan fingerprint density at radius 1 is 1.29 bits per heavy atom. The highest BCUT2D eigenvalue weighted by Crippen LogP contribution is 2.20. The van der Waals surface area contributed by atoms with Crippen LogP contribution in [0.4, 0.5) is 0 Å². The van der Waals surface area contributed by atoms with E-state index in [1.54, 1.807) is 0 Å². The van der Waals surface area contributed by atoms with E-state index in [2.05, 4.69) is 11.0 Å². The van der Waals surface area contributed by atoms with Crippen LogP contribution >= 0.6 is 0 Å². The first kappa shape index (κ1) is 9.95. The van der Waals surface area contributed by atoms with Crippen molar-refractivity contribution in [2.45, 2.75) is 44.2 Å². The maximum Gasteiger partial charge on any atom is 0.0978 e. The maximum atomic E-state index is 9.00. The third-order valence-corrected chi connectivity index (χ3v) is 3.22. The van der Waals surface area contributed by atoms with Crippen LogP contribution in [-0.4, -0.2) is 36.7 Å². The standard InChI is InChI=1S/C11H18N2O/c12-8-10-4-1-2-6-13(10)9-11-5-3-7-14-11/h10-11H,1-7,9H2. The van der Waals surface area contributed by atoms with Crippen LogP contribution in [0.5, 0.6) is 0 Å². The van der Waals surface area contributed by atoms with Gasteiger partial charge in [0.1, 0.15) is 0 Å². The minimum atomic E-state index is 0.146. The average Bonchev–Trinajstić information content (AvgIpc) is 2.71. The molecule has 2 fully saturated rings. The molecule has 3 nitrogen and oxygen atoms in total. The Kier molecular flexibility index (Phi) is 3.39. The highest BCUT2D eigenvalue weighted by molar-refractivity contribution is 4.94. The first-order chi connectivity index (χ1) is 6.90. The van der Waals surface area contributed by atoms with E-state index in [1.165, 1.54) is 25.7 Å². The van der Waals surface area contributed by atoms with Gasteiger partial charge in [0.05, 0.1) is 18.2 Å². The van der Waals surface area contributed by atoms with Crippen molar-refractivity contribution in [2.75, 3.05) is 19.7 Å². The average molecular weight is 194 g/mol. The summed E-state index contributed by atoms with van der Waals surface area (Å²) in [6.07, 6.45) is 6.25. The molecule has 14 heavy (non-hydrogen) atoms. The largest absolute Gasteiger partial charge is 0.377 e. The molecule has 0 aliphatic carbocycles. The van der Waals surface area contributed by atoms with E-state index in [0.29, 0.717) is 6.10 Å². The molecule has 2 aliphatic rings. The zero-order valence-electron chi connectivity index (χ0n) is 8.61. The van der Waals surface area contributed by atoms with Gasteiger partial charge >= 0.3 is 0 Å². The van der Waals surface area contributed by atoms with Gasteiger partial charge in [0.2, 0.25) is 0 Å². The van der Waals surface area contributed by atoms with Gasteiger partial charge in [0.25, 0.3) is 0 Å². The molecule has 78 valence electrons. The zero-order valence-corrected chi connectivity index (χ0v) is 8.61. The molecular formula is C11H18N2O. The number of nitriles is 1. The van der Waals surface area contributed by atoms with Gasteiger partial charge in [-0.1, -0.05) is 0 Å². The van der Waals surface area contributed by atoms with Crippen molar-refractivity contribution in [2.24, 2.45) is 0 Å². The lowest BCUT2D eigenvalue weighted by Crippen LogP contribution is -2.42. The molecule has 2 heterocycles. The minimum Gasteiger partial charge on any atom is -0.377 e. The van der Waals surface area contributed by atoms with Crippen molar-refractivity contribution in [3.8, 4) is 6.07 Å². The van der Waals surface area contributed by atoms with Gasteiger partial charge in [-0.2, -0.15) is 5.26 Å². The van der Waals surface area contributed by atoms with Crippen molar-refractivity contribution in [1.29, 1.82) is 5.26 Å². The summed E-state index contributed by atoms with van der Waals surface area (Å²) >= 11 is 0. The van der Waals surface area contributed by atoms with Crippen LogP contribution in [0.15, 0.2) is 0 Å². The van der Waals surface area contributed by atoms with Crippen molar-refractivity contribution >= 4 is 0 Å². The Labute approximate surface area is 85.6 Å². The molecule has 0 radical (unpaired) electrons. The van der Waals surface area contributed by atoms with Crippen LogP contribution in [0.25, 0.3) is 0 Å². The molecule has 2 saturated heterocycles. The minimum absolute atomic E-state index is 0.146. The molecule has 3 heteroatoms. The number of hydrogen-bond acceptors (Lipinski definition) is 3. The Balaban J connectivity index is 1.84. The Morgan fingerprint density at radius 3 is 2.93 bits per heavy atom. The summed E-state index contributed by atoms with van der Waals surface area (Å²) in [5, 5.41) is 9.00. The first-order valence-corrected chi connectivity index (χ1v) is 5.65. The van der Waals surface area contributed by atoms with Gasteiger partial charge < -0.3 is 4.74 Å². The molecule has 2 rings (SSSR count). The van der Waals surface area contributed by atoms with E-state index in [9.17, 15) is 0 Å². The summed E-state index contributed by atoms with van der Waals surface area (Å²) in [5.74, 6) is 0. The molecule has 2 aliphatic heterocycles. The molecule has 0 N–H and O–H groups in total. The van der Waals surface area contributed by atoms with Crippen LogP contribution in [0, 0.1) is 11.3 Å². The third kappa shape index (κ3) is 2.26.